The molecule has 164 valence electrons. The van der Waals surface area contributed by atoms with Crippen molar-refractivity contribution >= 4 is 27.7 Å². The minimum Gasteiger partial charge on any atom is -0.379 e. The molecule has 0 spiro atoms. The van der Waals surface area contributed by atoms with Crippen LogP contribution in [0.3, 0.4) is 0 Å². The lowest BCUT2D eigenvalue weighted by Gasteiger charge is -2.48. The third-order valence-electron chi connectivity index (χ3n) is 6.97. The van der Waals surface area contributed by atoms with E-state index >= 15 is 0 Å². The van der Waals surface area contributed by atoms with Gasteiger partial charge in [0, 0.05) is 41.8 Å². The van der Waals surface area contributed by atoms with Crippen LogP contribution in [0.2, 0.25) is 0 Å². The molecule has 2 amide bonds. The molecule has 3 aliphatic rings. The van der Waals surface area contributed by atoms with E-state index in [1.165, 1.54) is 19.3 Å². The lowest BCUT2D eigenvalue weighted by atomic mass is 9.79. The molecule has 0 radical (unpaired) electrons. The molecule has 1 saturated carbocycles. The summed E-state index contributed by atoms with van der Waals surface area (Å²) < 4.78 is 6.50. The quantitative estimate of drug-likeness (QED) is 0.706. The van der Waals surface area contributed by atoms with Crippen LogP contribution in [0.25, 0.3) is 0 Å². The Morgan fingerprint density at radius 2 is 1.73 bits per heavy atom. The number of morpholine rings is 1. The predicted molar refractivity (Wildman–Crippen MR) is 119 cm³/mol. The number of likely N-dealkylation sites (tertiary alicyclic amines) is 1. The highest BCUT2D eigenvalue weighted by Crippen LogP contribution is 2.34. The highest BCUT2D eigenvalue weighted by Gasteiger charge is 2.40. The van der Waals surface area contributed by atoms with Crippen LogP contribution in [0.4, 0.5) is 0 Å². The number of carbonyl (C=O) groups excluding carboxylic acids is 2. The van der Waals surface area contributed by atoms with Crippen molar-refractivity contribution in [2.75, 3.05) is 39.4 Å². The van der Waals surface area contributed by atoms with E-state index in [1.807, 2.05) is 24.3 Å². The summed E-state index contributed by atoms with van der Waals surface area (Å²) in [5.41, 5.74) is 0.673. The molecule has 2 saturated heterocycles. The fourth-order valence-corrected chi connectivity index (χ4v) is 5.53. The molecule has 1 atom stereocenters. The third-order valence-corrected chi connectivity index (χ3v) is 7.49. The van der Waals surface area contributed by atoms with Gasteiger partial charge in [-0.1, -0.05) is 35.2 Å². The van der Waals surface area contributed by atoms with Gasteiger partial charge in [0.2, 0.25) is 5.91 Å². The van der Waals surface area contributed by atoms with E-state index in [9.17, 15) is 9.59 Å². The Labute approximate surface area is 187 Å². The van der Waals surface area contributed by atoms with Crippen LogP contribution in [0, 0.1) is 0 Å². The number of nitrogens with one attached hydrogen (secondary N) is 1. The van der Waals surface area contributed by atoms with Crippen LogP contribution in [0.15, 0.2) is 28.7 Å². The van der Waals surface area contributed by atoms with Gasteiger partial charge >= 0.3 is 0 Å². The summed E-state index contributed by atoms with van der Waals surface area (Å²) in [6.45, 7) is 4.73. The Morgan fingerprint density at radius 3 is 2.43 bits per heavy atom. The van der Waals surface area contributed by atoms with E-state index in [0.29, 0.717) is 18.7 Å². The van der Waals surface area contributed by atoms with E-state index in [4.69, 9.17) is 4.74 Å². The van der Waals surface area contributed by atoms with E-state index < -0.39 is 0 Å². The minimum absolute atomic E-state index is 0.00355. The summed E-state index contributed by atoms with van der Waals surface area (Å²) >= 11 is 3.41. The Bertz CT molecular complexity index is 743. The Kier molecular flexibility index (Phi) is 7.11. The molecule has 1 N–H and O–H groups in total. The van der Waals surface area contributed by atoms with E-state index in [-0.39, 0.29) is 23.4 Å². The summed E-state index contributed by atoms with van der Waals surface area (Å²) in [6, 6.07) is 7.00. The van der Waals surface area contributed by atoms with Crippen molar-refractivity contribution in [3.8, 4) is 0 Å². The van der Waals surface area contributed by atoms with E-state index in [0.717, 1.165) is 56.5 Å². The zero-order valence-corrected chi connectivity index (χ0v) is 19.2. The molecule has 2 aliphatic heterocycles. The van der Waals surface area contributed by atoms with Gasteiger partial charge in [-0.2, -0.15) is 0 Å². The molecule has 2 heterocycles. The average Bonchev–Trinajstić information content (AvgIpc) is 3.29. The van der Waals surface area contributed by atoms with Gasteiger partial charge in [0.15, 0.2) is 0 Å². The molecular formula is C23H32BrN3O3. The van der Waals surface area contributed by atoms with E-state index in [1.54, 1.807) is 4.90 Å². The van der Waals surface area contributed by atoms with Crippen molar-refractivity contribution < 1.29 is 14.3 Å². The summed E-state index contributed by atoms with van der Waals surface area (Å²) in [5, 5.41) is 3.26. The van der Waals surface area contributed by atoms with Crippen LogP contribution in [0.1, 0.15) is 55.3 Å². The second-order valence-corrected chi connectivity index (χ2v) is 9.68. The van der Waals surface area contributed by atoms with Gasteiger partial charge in [0.25, 0.3) is 5.91 Å². The molecule has 30 heavy (non-hydrogen) atoms. The number of hydrogen-bond donors (Lipinski definition) is 1. The molecule has 1 aliphatic carbocycles. The van der Waals surface area contributed by atoms with Crippen molar-refractivity contribution in [1.29, 1.82) is 0 Å². The molecule has 1 unspecified atom stereocenters. The first-order chi connectivity index (χ1) is 14.6. The predicted octanol–water partition coefficient (Wildman–Crippen LogP) is 3.21. The van der Waals surface area contributed by atoms with Crippen molar-refractivity contribution in [1.82, 2.24) is 15.1 Å². The number of halogens is 1. The minimum atomic E-state index is -0.369. The number of rotatable bonds is 5. The van der Waals surface area contributed by atoms with Gasteiger partial charge in [-0.15, -0.1) is 0 Å². The summed E-state index contributed by atoms with van der Waals surface area (Å²) in [6.07, 6.45) is 7.56. The van der Waals surface area contributed by atoms with Crippen molar-refractivity contribution in [3.05, 3.63) is 34.3 Å². The summed E-state index contributed by atoms with van der Waals surface area (Å²) in [4.78, 5) is 30.4. The number of benzene rings is 1. The molecule has 1 aromatic rings. The van der Waals surface area contributed by atoms with Crippen LogP contribution in [-0.2, 0) is 9.53 Å². The van der Waals surface area contributed by atoms with Crippen LogP contribution in [-0.4, -0.2) is 72.6 Å². The fraction of sp³-hybridized carbons (Fsp3) is 0.652. The normalized spacial score (nSPS) is 24.6. The largest absolute Gasteiger partial charge is 0.379 e. The SMILES string of the molecule is O=C(NCC1(N2CCOCC2)CCCCC1)C1CCCN1C(=O)c1ccc(Br)cc1. The van der Waals surface area contributed by atoms with Crippen LogP contribution < -0.4 is 5.32 Å². The Morgan fingerprint density at radius 1 is 1.03 bits per heavy atom. The average molecular weight is 478 g/mol. The van der Waals surface area contributed by atoms with Crippen LogP contribution >= 0.6 is 15.9 Å². The molecule has 0 bridgehead atoms. The van der Waals surface area contributed by atoms with Gasteiger partial charge in [0.05, 0.1) is 13.2 Å². The monoisotopic (exact) mass is 477 g/mol. The number of carbonyl (C=O) groups is 2. The number of nitrogens with zero attached hydrogens (tertiary/aromatic N) is 2. The molecule has 0 aromatic heterocycles. The van der Waals surface area contributed by atoms with Gasteiger partial charge in [0.1, 0.15) is 6.04 Å². The summed E-state index contributed by atoms with van der Waals surface area (Å²) in [5.74, 6) is -0.0584. The van der Waals surface area contributed by atoms with Gasteiger partial charge in [-0.05, 0) is 49.9 Å². The van der Waals surface area contributed by atoms with Crippen LogP contribution in [0.5, 0.6) is 0 Å². The Balaban J connectivity index is 1.41. The molecule has 4 rings (SSSR count). The molecule has 6 nitrogen and oxygen atoms in total. The maximum atomic E-state index is 13.2. The van der Waals surface area contributed by atoms with Crippen molar-refractivity contribution in [2.24, 2.45) is 0 Å². The molecule has 7 heteroatoms. The number of hydrogen-bond acceptors (Lipinski definition) is 4. The van der Waals surface area contributed by atoms with Crippen molar-refractivity contribution in [2.45, 2.75) is 56.5 Å². The lowest BCUT2D eigenvalue weighted by molar-refractivity contribution is -0.126. The second-order valence-electron chi connectivity index (χ2n) is 8.77. The topological polar surface area (TPSA) is 61.9 Å². The van der Waals surface area contributed by atoms with Gasteiger partial charge in [-0.3, -0.25) is 14.5 Å². The highest BCUT2D eigenvalue weighted by molar-refractivity contribution is 9.10. The fourth-order valence-electron chi connectivity index (χ4n) is 5.26. The zero-order chi connectivity index (χ0) is 21.0. The lowest BCUT2D eigenvalue weighted by Crippen LogP contribution is -2.60. The third kappa shape index (κ3) is 4.73. The zero-order valence-electron chi connectivity index (χ0n) is 17.6. The highest BCUT2D eigenvalue weighted by atomic mass is 79.9. The first kappa shape index (κ1) is 21.8. The summed E-state index contributed by atoms with van der Waals surface area (Å²) in [7, 11) is 0. The first-order valence-corrected chi connectivity index (χ1v) is 12.1. The first-order valence-electron chi connectivity index (χ1n) is 11.3. The maximum absolute atomic E-state index is 13.2. The smallest absolute Gasteiger partial charge is 0.254 e. The molecule has 1 aromatic carbocycles. The van der Waals surface area contributed by atoms with E-state index in [2.05, 4.69) is 26.1 Å². The van der Waals surface area contributed by atoms with Crippen molar-refractivity contribution in [3.63, 3.8) is 0 Å². The molecular weight excluding hydrogens is 446 g/mol. The second kappa shape index (κ2) is 9.79. The standard InChI is InChI=1S/C23H32BrN3O3/c24-19-8-6-18(7-9-19)22(29)27-12-4-5-20(27)21(28)25-17-23(10-2-1-3-11-23)26-13-15-30-16-14-26/h6-9,20H,1-5,10-17H2,(H,25,28). The number of ether oxygens (including phenoxy) is 1. The number of amides is 2. The van der Waals surface area contributed by atoms with Gasteiger partial charge < -0.3 is 15.0 Å². The van der Waals surface area contributed by atoms with Gasteiger partial charge in [-0.25, -0.2) is 0 Å². The maximum Gasteiger partial charge on any atom is 0.254 e. The Hall–Kier alpha value is -1.44. The molecule has 3 fully saturated rings.